The number of hydrogen-bond donors (Lipinski definition) is 1. The van der Waals surface area contributed by atoms with E-state index in [0.29, 0.717) is 5.82 Å². The van der Waals surface area contributed by atoms with Gasteiger partial charge in [0.25, 0.3) is 5.69 Å². The Hall–Kier alpha value is -1.98. The Morgan fingerprint density at radius 3 is 2.71 bits per heavy atom. The van der Waals surface area contributed by atoms with E-state index in [1.54, 1.807) is 0 Å². The van der Waals surface area contributed by atoms with Gasteiger partial charge >= 0.3 is 0 Å². The van der Waals surface area contributed by atoms with Gasteiger partial charge in [0.15, 0.2) is 0 Å². The molecule has 0 radical (unpaired) electrons. The van der Waals surface area contributed by atoms with Crippen LogP contribution in [-0.4, -0.2) is 15.6 Å². The first-order chi connectivity index (χ1) is 6.59. The van der Waals surface area contributed by atoms with Gasteiger partial charge in [-0.15, -0.1) is 0 Å². The smallest absolute Gasteiger partial charge is 0.261 e. The maximum Gasteiger partial charge on any atom is 0.287 e. The van der Waals surface area contributed by atoms with Crippen LogP contribution in [0.15, 0.2) is 23.4 Å². The van der Waals surface area contributed by atoms with E-state index in [1.807, 2.05) is 13.8 Å². The number of hydrazone groups is 1. The second-order valence-electron chi connectivity index (χ2n) is 2.83. The summed E-state index contributed by atoms with van der Waals surface area (Å²) in [5, 5.41) is 14.2. The lowest BCUT2D eigenvalue weighted by Crippen LogP contribution is -1.96. The van der Waals surface area contributed by atoms with Crippen LogP contribution in [0.3, 0.4) is 0 Å². The molecule has 1 N–H and O–H groups in total. The van der Waals surface area contributed by atoms with E-state index < -0.39 is 4.92 Å². The van der Waals surface area contributed by atoms with Crippen molar-refractivity contribution >= 4 is 17.2 Å². The fourth-order valence-corrected chi connectivity index (χ4v) is 0.729. The summed E-state index contributed by atoms with van der Waals surface area (Å²) in [6.45, 7) is 3.66. The summed E-state index contributed by atoms with van der Waals surface area (Å²) in [6.07, 6.45) is 1.18. The van der Waals surface area contributed by atoms with Crippen molar-refractivity contribution in [2.75, 3.05) is 5.43 Å². The normalized spacial score (nSPS) is 9.29. The molecule has 0 saturated carbocycles. The Morgan fingerprint density at radius 1 is 1.57 bits per heavy atom. The highest BCUT2D eigenvalue weighted by Gasteiger charge is 2.03. The molecule has 1 aromatic heterocycles. The summed E-state index contributed by atoms with van der Waals surface area (Å²) in [5.41, 5.74) is 3.48. The van der Waals surface area contributed by atoms with E-state index in [9.17, 15) is 10.1 Å². The first kappa shape index (κ1) is 10.1. The minimum Gasteiger partial charge on any atom is -0.261 e. The minimum absolute atomic E-state index is 0.0345. The average molecular weight is 194 g/mol. The lowest BCUT2D eigenvalue weighted by Gasteiger charge is -1.98. The van der Waals surface area contributed by atoms with Crippen LogP contribution in [0, 0.1) is 10.1 Å². The van der Waals surface area contributed by atoms with Gasteiger partial charge in [-0.3, -0.25) is 15.5 Å². The number of nitrogens with zero attached hydrogens (tertiary/aromatic N) is 3. The molecule has 14 heavy (non-hydrogen) atoms. The lowest BCUT2D eigenvalue weighted by molar-refractivity contribution is -0.385. The average Bonchev–Trinajstić information content (AvgIpc) is 2.15. The van der Waals surface area contributed by atoms with Crippen molar-refractivity contribution in [3.63, 3.8) is 0 Å². The quantitative estimate of drug-likeness (QED) is 0.452. The fraction of sp³-hybridized carbons (Fsp3) is 0.250. The Bertz CT molecular complexity index is 354. The second-order valence-corrected chi connectivity index (χ2v) is 2.83. The monoisotopic (exact) mass is 194 g/mol. The molecule has 0 amide bonds. The molecular weight excluding hydrogens is 184 g/mol. The predicted molar refractivity (Wildman–Crippen MR) is 53.3 cm³/mol. The van der Waals surface area contributed by atoms with Gasteiger partial charge in [0.05, 0.1) is 4.92 Å². The van der Waals surface area contributed by atoms with Crippen molar-refractivity contribution in [2.45, 2.75) is 13.8 Å². The van der Waals surface area contributed by atoms with Crippen molar-refractivity contribution in [1.29, 1.82) is 0 Å². The van der Waals surface area contributed by atoms with E-state index >= 15 is 0 Å². The van der Waals surface area contributed by atoms with Crippen molar-refractivity contribution in [3.8, 4) is 0 Å². The van der Waals surface area contributed by atoms with E-state index in [0.717, 1.165) is 5.71 Å². The standard InChI is InChI=1S/C8H10N4O2/c1-6(2)10-11-8-4-3-7(5-9-8)12(13)14/h3-5H,1-2H3,(H,9,11). The second kappa shape index (κ2) is 4.31. The molecular formula is C8H10N4O2. The van der Waals surface area contributed by atoms with Gasteiger partial charge in [-0.2, -0.15) is 5.10 Å². The van der Waals surface area contributed by atoms with Crippen LogP contribution in [-0.2, 0) is 0 Å². The Morgan fingerprint density at radius 2 is 2.29 bits per heavy atom. The van der Waals surface area contributed by atoms with Crippen LogP contribution in [0.2, 0.25) is 0 Å². The maximum absolute atomic E-state index is 10.3. The molecule has 0 unspecified atom stereocenters. The van der Waals surface area contributed by atoms with Gasteiger partial charge in [0, 0.05) is 11.8 Å². The molecule has 1 heterocycles. The molecule has 0 aliphatic rings. The molecule has 0 spiro atoms. The zero-order chi connectivity index (χ0) is 10.6. The number of anilines is 1. The maximum atomic E-state index is 10.3. The van der Waals surface area contributed by atoms with Crippen LogP contribution >= 0.6 is 0 Å². The van der Waals surface area contributed by atoms with Crippen molar-refractivity contribution in [3.05, 3.63) is 28.4 Å². The predicted octanol–water partition coefficient (Wildman–Crippen LogP) is 1.80. The SMILES string of the molecule is CC(C)=NNc1ccc([N+](=O)[O-])cn1. The number of pyridine rings is 1. The fourth-order valence-electron chi connectivity index (χ4n) is 0.729. The van der Waals surface area contributed by atoms with Gasteiger partial charge in [0.2, 0.25) is 0 Å². The first-order valence-electron chi connectivity index (χ1n) is 3.97. The van der Waals surface area contributed by atoms with E-state index in [-0.39, 0.29) is 5.69 Å². The third-order valence-corrected chi connectivity index (χ3v) is 1.35. The van der Waals surface area contributed by atoms with Gasteiger partial charge in [-0.25, -0.2) is 4.98 Å². The number of nitrogens with one attached hydrogen (secondary N) is 1. The molecule has 0 bridgehead atoms. The molecule has 0 atom stereocenters. The third kappa shape index (κ3) is 2.81. The van der Waals surface area contributed by atoms with E-state index in [2.05, 4.69) is 15.5 Å². The van der Waals surface area contributed by atoms with E-state index in [1.165, 1.54) is 18.3 Å². The molecule has 0 aromatic carbocycles. The summed E-state index contributed by atoms with van der Waals surface area (Å²) >= 11 is 0. The Balaban J connectivity index is 2.74. The van der Waals surface area contributed by atoms with Crippen molar-refractivity contribution in [2.24, 2.45) is 5.10 Å². The molecule has 0 saturated heterocycles. The van der Waals surface area contributed by atoms with Crippen molar-refractivity contribution in [1.82, 2.24) is 4.98 Å². The van der Waals surface area contributed by atoms with Crippen molar-refractivity contribution < 1.29 is 4.92 Å². The molecule has 0 aliphatic carbocycles. The van der Waals surface area contributed by atoms with Crippen LogP contribution in [0.1, 0.15) is 13.8 Å². The van der Waals surface area contributed by atoms with Crippen LogP contribution in [0.4, 0.5) is 11.5 Å². The van der Waals surface area contributed by atoms with Gasteiger partial charge < -0.3 is 0 Å². The molecule has 74 valence electrons. The molecule has 1 rings (SSSR count). The summed E-state index contributed by atoms with van der Waals surface area (Å²) < 4.78 is 0. The third-order valence-electron chi connectivity index (χ3n) is 1.35. The zero-order valence-corrected chi connectivity index (χ0v) is 7.89. The first-order valence-corrected chi connectivity index (χ1v) is 3.97. The lowest BCUT2D eigenvalue weighted by atomic mass is 10.4. The Labute approximate surface area is 80.8 Å². The number of rotatable bonds is 3. The highest BCUT2D eigenvalue weighted by Crippen LogP contribution is 2.11. The topological polar surface area (TPSA) is 80.4 Å². The van der Waals surface area contributed by atoms with Gasteiger partial charge in [-0.05, 0) is 19.9 Å². The summed E-state index contributed by atoms with van der Waals surface area (Å²) in [4.78, 5) is 13.6. The largest absolute Gasteiger partial charge is 0.287 e. The molecule has 0 fully saturated rings. The number of aromatic nitrogens is 1. The van der Waals surface area contributed by atoms with E-state index in [4.69, 9.17) is 0 Å². The molecule has 6 nitrogen and oxygen atoms in total. The Kier molecular flexibility index (Phi) is 3.11. The summed E-state index contributed by atoms with van der Waals surface area (Å²) in [7, 11) is 0. The molecule has 6 heteroatoms. The highest BCUT2D eigenvalue weighted by atomic mass is 16.6. The number of nitro groups is 1. The number of hydrogen-bond acceptors (Lipinski definition) is 5. The highest BCUT2D eigenvalue weighted by molar-refractivity contribution is 5.79. The van der Waals surface area contributed by atoms with Gasteiger partial charge in [0.1, 0.15) is 12.0 Å². The van der Waals surface area contributed by atoms with Gasteiger partial charge in [-0.1, -0.05) is 0 Å². The van der Waals surface area contributed by atoms with Crippen LogP contribution < -0.4 is 5.43 Å². The zero-order valence-electron chi connectivity index (χ0n) is 7.89. The van der Waals surface area contributed by atoms with Crippen LogP contribution in [0.25, 0.3) is 0 Å². The van der Waals surface area contributed by atoms with Crippen LogP contribution in [0.5, 0.6) is 0 Å². The summed E-state index contributed by atoms with van der Waals surface area (Å²) in [5.74, 6) is 0.483. The molecule has 1 aromatic rings. The molecule has 0 aliphatic heterocycles. The minimum atomic E-state index is -0.495. The summed E-state index contributed by atoms with van der Waals surface area (Å²) in [6, 6.07) is 2.88.